The normalized spacial score (nSPS) is 10.3. The summed E-state index contributed by atoms with van der Waals surface area (Å²) in [6.45, 7) is 4.21. The lowest BCUT2D eigenvalue weighted by Gasteiger charge is -2.08. The first-order chi connectivity index (χ1) is 9.49. The molecule has 0 unspecified atom stereocenters. The molecule has 0 aliphatic carbocycles. The third kappa shape index (κ3) is 6.58. The summed E-state index contributed by atoms with van der Waals surface area (Å²) in [7, 11) is 0. The number of carboxylic acid groups (broad SMARTS) is 1. The van der Waals surface area contributed by atoms with Crippen LogP contribution in [0.15, 0.2) is 23.1 Å². The Hall–Kier alpha value is -1.53. The molecule has 1 aromatic carbocycles. The van der Waals surface area contributed by atoms with Crippen LogP contribution in [-0.2, 0) is 14.3 Å². The van der Waals surface area contributed by atoms with Gasteiger partial charge < -0.3 is 15.2 Å². The summed E-state index contributed by atoms with van der Waals surface area (Å²) in [5, 5.41) is 11.0. The van der Waals surface area contributed by atoms with Crippen LogP contribution in [0.3, 0.4) is 0 Å². The number of aliphatic carboxylic acids is 1. The monoisotopic (exact) mass is 297 g/mol. The number of carboxylic acids is 1. The number of benzene rings is 1. The van der Waals surface area contributed by atoms with Gasteiger partial charge >= 0.3 is 5.97 Å². The van der Waals surface area contributed by atoms with Crippen molar-refractivity contribution in [3.05, 3.63) is 29.3 Å². The minimum atomic E-state index is -1.01. The zero-order chi connectivity index (χ0) is 15.0. The van der Waals surface area contributed by atoms with Crippen LogP contribution in [0.4, 0.5) is 0 Å². The van der Waals surface area contributed by atoms with E-state index in [4.69, 9.17) is 9.84 Å². The van der Waals surface area contributed by atoms with Gasteiger partial charge in [0, 0.05) is 11.4 Å². The fraction of sp³-hybridized carbons (Fsp3) is 0.429. The van der Waals surface area contributed by atoms with E-state index in [0.717, 1.165) is 10.5 Å². The number of carbonyl (C=O) groups excluding carboxylic acids is 1. The summed E-state index contributed by atoms with van der Waals surface area (Å²) >= 11 is 1.49. The van der Waals surface area contributed by atoms with E-state index >= 15 is 0 Å². The molecule has 0 bridgehead atoms. The van der Waals surface area contributed by atoms with Crippen molar-refractivity contribution in [2.45, 2.75) is 18.7 Å². The maximum absolute atomic E-state index is 11.6. The second-order valence-corrected chi connectivity index (χ2v) is 5.37. The van der Waals surface area contributed by atoms with Gasteiger partial charge in [0.25, 0.3) is 0 Å². The van der Waals surface area contributed by atoms with Gasteiger partial charge in [0.2, 0.25) is 5.91 Å². The number of aryl methyl sites for hydroxylation is 2. The summed E-state index contributed by atoms with van der Waals surface area (Å²) in [5.41, 5.74) is 2.32. The number of nitrogens with one attached hydrogen (secondary N) is 1. The fourth-order valence-electron chi connectivity index (χ4n) is 1.48. The summed E-state index contributed by atoms with van der Waals surface area (Å²) in [5.74, 6) is -0.764. The summed E-state index contributed by atoms with van der Waals surface area (Å²) < 4.78 is 4.82. The fourth-order valence-corrected chi connectivity index (χ4v) is 2.43. The highest BCUT2D eigenvalue weighted by molar-refractivity contribution is 8.00. The number of hydrogen-bond acceptors (Lipinski definition) is 4. The van der Waals surface area contributed by atoms with Crippen molar-refractivity contribution in [1.29, 1.82) is 0 Å². The van der Waals surface area contributed by atoms with Crippen molar-refractivity contribution in [2.24, 2.45) is 0 Å². The van der Waals surface area contributed by atoms with Crippen LogP contribution in [0.5, 0.6) is 0 Å². The molecule has 1 amide bonds. The van der Waals surface area contributed by atoms with Crippen molar-refractivity contribution in [3.63, 3.8) is 0 Å². The maximum Gasteiger partial charge on any atom is 0.329 e. The second-order valence-electron chi connectivity index (χ2n) is 4.35. The van der Waals surface area contributed by atoms with Gasteiger partial charge in [0.1, 0.15) is 6.61 Å². The molecule has 110 valence electrons. The lowest BCUT2D eigenvalue weighted by molar-refractivity contribution is -0.142. The third-order valence-corrected chi connectivity index (χ3v) is 3.65. The van der Waals surface area contributed by atoms with E-state index in [1.54, 1.807) is 0 Å². The summed E-state index contributed by atoms with van der Waals surface area (Å²) in [6.07, 6.45) is 0. The number of thioether (sulfide) groups is 1. The quantitative estimate of drug-likeness (QED) is 0.563. The lowest BCUT2D eigenvalue weighted by atomic mass is 10.2. The molecule has 1 aromatic rings. The van der Waals surface area contributed by atoms with Crippen LogP contribution in [0.2, 0.25) is 0 Å². The molecule has 0 saturated heterocycles. The Morgan fingerprint density at radius 3 is 2.80 bits per heavy atom. The standard InChI is InChI=1S/C14H19NO4S/c1-10-3-4-11(2)12(7-10)20-9-13(16)15-5-6-19-8-14(17)18/h3-4,7H,5-6,8-9H2,1-2H3,(H,15,16)(H,17,18). The first-order valence-electron chi connectivity index (χ1n) is 6.25. The summed E-state index contributed by atoms with van der Waals surface area (Å²) in [4.78, 5) is 22.9. The van der Waals surface area contributed by atoms with Crippen molar-refractivity contribution < 1.29 is 19.4 Å². The molecule has 0 saturated carbocycles. The zero-order valence-corrected chi connectivity index (χ0v) is 12.5. The predicted molar refractivity (Wildman–Crippen MR) is 78.1 cm³/mol. The Balaban J connectivity index is 2.23. The zero-order valence-electron chi connectivity index (χ0n) is 11.6. The minimum Gasteiger partial charge on any atom is -0.480 e. The van der Waals surface area contributed by atoms with Gasteiger partial charge in [-0.15, -0.1) is 11.8 Å². The molecular weight excluding hydrogens is 278 g/mol. The SMILES string of the molecule is Cc1ccc(C)c(SCC(=O)NCCOCC(=O)O)c1. The Bertz CT molecular complexity index is 476. The van der Waals surface area contributed by atoms with Crippen LogP contribution in [0.1, 0.15) is 11.1 Å². The summed E-state index contributed by atoms with van der Waals surface area (Å²) in [6, 6.07) is 6.14. The van der Waals surface area contributed by atoms with Crippen molar-refractivity contribution in [2.75, 3.05) is 25.5 Å². The van der Waals surface area contributed by atoms with Crippen LogP contribution < -0.4 is 5.32 Å². The maximum atomic E-state index is 11.6. The van der Waals surface area contributed by atoms with E-state index in [0.29, 0.717) is 12.3 Å². The van der Waals surface area contributed by atoms with Crippen molar-refractivity contribution >= 4 is 23.6 Å². The Morgan fingerprint density at radius 2 is 2.10 bits per heavy atom. The molecule has 0 aliphatic heterocycles. The van der Waals surface area contributed by atoms with E-state index in [1.807, 2.05) is 26.0 Å². The molecule has 0 atom stereocenters. The molecule has 5 nitrogen and oxygen atoms in total. The van der Waals surface area contributed by atoms with E-state index in [1.165, 1.54) is 17.3 Å². The first-order valence-corrected chi connectivity index (χ1v) is 7.24. The van der Waals surface area contributed by atoms with Crippen LogP contribution in [0, 0.1) is 13.8 Å². The van der Waals surface area contributed by atoms with Gasteiger partial charge in [0.05, 0.1) is 12.4 Å². The van der Waals surface area contributed by atoms with Gasteiger partial charge in [-0.1, -0.05) is 17.7 Å². The number of rotatable bonds is 8. The van der Waals surface area contributed by atoms with Gasteiger partial charge in [-0.25, -0.2) is 4.79 Å². The highest BCUT2D eigenvalue weighted by Crippen LogP contribution is 2.23. The highest BCUT2D eigenvalue weighted by atomic mass is 32.2. The lowest BCUT2D eigenvalue weighted by Crippen LogP contribution is -2.29. The highest BCUT2D eigenvalue weighted by Gasteiger charge is 2.05. The van der Waals surface area contributed by atoms with Gasteiger partial charge in [-0.05, 0) is 25.5 Å². The van der Waals surface area contributed by atoms with Gasteiger partial charge in [0.15, 0.2) is 0 Å². The molecule has 2 N–H and O–H groups in total. The second kappa shape index (κ2) is 8.60. The number of carbonyl (C=O) groups is 2. The van der Waals surface area contributed by atoms with E-state index < -0.39 is 5.97 Å². The van der Waals surface area contributed by atoms with Crippen LogP contribution in [0.25, 0.3) is 0 Å². The Morgan fingerprint density at radius 1 is 1.35 bits per heavy atom. The van der Waals surface area contributed by atoms with E-state index in [-0.39, 0.29) is 19.1 Å². The smallest absolute Gasteiger partial charge is 0.329 e. The van der Waals surface area contributed by atoms with Crippen LogP contribution in [-0.4, -0.2) is 42.5 Å². The average Bonchev–Trinajstić information content (AvgIpc) is 2.39. The van der Waals surface area contributed by atoms with Crippen LogP contribution >= 0.6 is 11.8 Å². The van der Waals surface area contributed by atoms with Crippen molar-refractivity contribution in [3.8, 4) is 0 Å². The molecule has 0 spiro atoms. The number of amides is 1. The largest absolute Gasteiger partial charge is 0.480 e. The Labute approximate surface area is 122 Å². The molecule has 20 heavy (non-hydrogen) atoms. The molecule has 0 fully saturated rings. The van der Waals surface area contributed by atoms with Gasteiger partial charge in [-0.3, -0.25) is 4.79 Å². The molecule has 0 aliphatic rings. The minimum absolute atomic E-state index is 0.0881. The third-order valence-electron chi connectivity index (χ3n) is 2.50. The molecular formula is C14H19NO4S. The van der Waals surface area contributed by atoms with Crippen molar-refractivity contribution in [1.82, 2.24) is 5.32 Å². The predicted octanol–water partition coefficient (Wildman–Crippen LogP) is 1.61. The molecule has 6 heteroatoms. The topological polar surface area (TPSA) is 75.6 Å². The van der Waals surface area contributed by atoms with Gasteiger partial charge in [-0.2, -0.15) is 0 Å². The molecule has 0 aromatic heterocycles. The Kier molecular flexibility index (Phi) is 7.11. The molecule has 0 heterocycles. The average molecular weight is 297 g/mol. The van der Waals surface area contributed by atoms with E-state index in [2.05, 4.69) is 11.4 Å². The first kappa shape index (κ1) is 16.5. The molecule has 1 rings (SSSR count). The number of ether oxygens (including phenoxy) is 1. The van der Waals surface area contributed by atoms with E-state index in [9.17, 15) is 9.59 Å². The molecule has 0 radical (unpaired) electrons. The number of hydrogen-bond donors (Lipinski definition) is 2.